The summed E-state index contributed by atoms with van der Waals surface area (Å²) in [6, 6.07) is 5.82. The molecular formula is C13H13F3N2OS. The molecule has 1 atom stereocenters. The summed E-state index contributed by atoms with van der Waals surface area (Å²) in [6.45, 7) is 3.73. The Morgan fingerprint density at radius 1 is 1.30 bits per heavy atom. The van der Waals surface area contributed by atoms with Gasteiger partial charge in [-0.05, 0) is 26.0 Å². The summed E-state index contributed by atoms with van der Waals surface area (Å²) in [4.78, 5) is 5.11. The minimum atomic E-state index is -4.71. The first-order valence-electron chi connectivity index (χ1n) is 5.88. The maximum atomic E-state index is 12.3. The highest BCUT2D eigenvalue weighted by atomic mass is 32.1. The van der Waals surface area contributed by atoms with Crippen molar-refractivity contribution in [1.82, 2.24) is 4.98 Å². The number of thiazole rings is 1. The Morgan fingerprint density at radius 3 is 2.60 bits per heavy atom. The van der Waals surface area contributed by atoms with Crippen LogP contribution >= 0.6 is 11.3 Å². The molecule has 1 aromatic heterocycles. The third-order valence-electron chi connectivity index (χ3n) is 2.66. The highest BCUT2D eigenvalue weighted by Crippen LogP contribution is 2.33. The molecule has 0 saturated heterocycles. The van der Waals surface area contributed by atoms with E-state index in [2.05, 4.69) is 15.0 Å². The number of nitrogens with zero attached hydrogens (tertiary/aromatic N) is 1. The van der Waals surface area contributed by atoms with Crippen molar-refractivity contribution in [2.45, 2.75) is 26.3 Å². The Labute approximate surface area is 118 Å². The molecule has 1 aromatic carbocycles. The van der Waals surface area contributed by atoms with Crippen molar-refractivity contribution in [1.29, 1.82) is 0 Å². The molecule has 0 spiro atoms. The Morgan fingerprint density at radius 2 is 2.00 bits per heavy atom. The highest BCUT2D eigenvalue weighted by molar-refractivity contribution is 7.09. The van der Waals surface area contributed by atoms with Gasteiger partial charge in [-0.25, -0.2) is 4.98 Å². The van der Waals surface area contributed by atoms with Crippen molar-refractivity contribution < 1.29 is 17.9 Å². The van der Waals surface area contributed by atoms with E-state index in [1.165, 1.54) is 23.5 Å². The minimum absolute atomic E-state index is 0.152. The van der Waals surface area contributed by atoms with E-state index in [0.29, 0.717) is 5.69 Å². The summed E-state index contributed by atoms with van der Waals surface area (Å²) in [5.41, 5.74) is 2.87. The van der Waals surface area contributed by atoms with Gasteiger partial charge >= 0.3 is 6.36 Å². The predicted octanol–water partition coefficient (Wildman–Crippen LogP) is 4.52. The van der Waals surface area contributed by atoms with E-state index >= 15 is 0 Å². The van der Waals surface area contributed by atoms with E-state index in [4.69, 9.17) is 0 Å². The zero-order chi connectivity index (χ0) is 14.8. The van der Waals surface area contributed by atoms with Crippen molar-refractivity contribution in [3.05, 3.63) is 40.3 Å². The van der Waals surface area contributed by atoms with Crippen LogP contribution in [0.4, 0.5) is 18.9 Å². The SMILES string of the molecule is Cc1ncsc1C(C)Nc1ccccc1OC(F)(F)F. The van der Waals surface area contributed by atoms with Gasteiger partial charge in [-0.2, -0.15) is 0 Å². The van der Waals surface area contributed by atoms with Crippen LogP contribution in [0.15, 0.2) is 29.8 Å². The van der Waals surface area contributed by atoms with E-state index in [1.54, 1.807) is 17.6 Å². The molecule has 1 heterocycles. The van der Waals surface area contributed by atoms with Gasteiger partial charge in [-0.15, -0.1) is 24.5 Å². The molecule has 2 rings (SSSR count). The molecule has 1 unspecified atom stereocenters. The molecule has 0 bridgehead atoms. The zero-order valence-electron chi connectivity index (χ0n) is 10.9. The van der Waals surface area contributed by atoms with Crippen LogP contribution in [0.2, 0.25) is 0 Å². The molecule has 2 aromatic rings. The standard InChI is InChI=1S/C13H13F3N2OS/c1-8-12(20-7-17-8)9(2)18-10-5-3-4-6-11(10)19-13(14,15)16/h3-7,9,18H,1-2H3. The molecule has 0 radical (unpaired) electrons. The van der Waals surface area contributed by atoms with E-state index in [0.717, 1.165) is 10.6 Å². The van der Waals surface area contributed by atoms with Gasteiger partial charge in [0.1, 0.15) is 0 Å². The zero-order valence-corrected chi connectivity index (χ0v) is 11.7. The summed E-state index contributed by atoms with van der Waals surface area (Å²) in [7, 11) is 0. The lowest BCUT2D eigenvalue weighted by Gasteiger charge is -2.18. The molecule has 1 N–H and O–H groups in total. The molecule has 20 heavy (non-hydrogen) atoms. The van der Waals surface area contributed by atoms with Crippen molar-refractivity contribution in [3.63, 3.8) is 0 Å². The van der Waals surface area contributed by atoms with Crippen LogP contribution in [-0.4, -0.2) is 11.3 Å². The molecule has 0 aliphatic carbocycles. The van der Waals surface area contributed by atoms with Gasteiger partial charge < -0.3 is 10.1 Å². The fourth-order valence-electron chi connectivity index (χ4n) is 1.82. The summed E-state index contributed by atoms with van der Waals surface area (Å²) in [5, 5.41) is 3.02. The average Bonchev–Trinajstić information content (AvgIpc) is 2.76. The van der Waals surface area contributed by atoms with Crippen LogP contribution in [-0.2, 0) is 0 Å². The van der Waals surface area contributed by atoms with Gasteiger partial charge in [-0.1, -0.05) is 12.1 Å². The number of aromatic nitrogens is 1. The number of rotatable bonds is 4. The number of benzene rings is 1. The first kappa shape index (κ1) is 14.6. The second-order valence-corrected chi connectivity index (χ2v) is 5.10. The Hall–Kier alpha value is -1.76. The van der Waals surface area contributed by atoms with Crippen molar-refractivity contribution in [2.24, 2.45) is 0 Å². The van der Waals surface area contributed by atoms with Gasteiger partial charge in [0.25, 0.3) is 0 Å². The quantitative estimate of drug-likeness (QED) is 0.901. The lowest BCUT2D eigenvalue weighted by Crippen LogP contribution is -2.18. The number of ether oxygens (including phenoxy) is 1. The molecule has 3 nitrogen and oxygen atoms in total. The van der Waals surface area contributed by atoms with Crippen molar-refractivity contribution in [2.75, 3.05) is 5.32 Å². The van der Waals surface area contributed by atoms with Gasteiger partial charge in [0.15, 0.2) is 5.75 Å². The molecule has 0 aliphatic heterocycles. The second-order valence-electron chi connectivity index (χ2n) is 4.21. The Bertz CT molecular complexity index is 583. The lowest BCUT2D eigenvalue weighted by atomic mass is 10.2. The van der Waals surface area contributed by atoms with Crippen LogP contribution in [0.1, 0.15) is 23.5 Å². The number of aryl methyl sites for hydroxylation is 1. The largest absolute Gasteiger partial charge is 0.573 e. The third-order valence-corrected chi connectivity index (χ3v) is 3.77. The predicted molar refractivity (Wildman–Crippen MR) is 72.0 cm³/mol. The average molecular weight is 302 g/mol. The van der Waals surface area contributed by atoms with E-state index in [1.807, 2.05) is 13.8 Å². The van der Waals surface area contributed by atoms with Gasteiger partial charge in [-0.3, -0.25) is 0 Å². The molecule has 7 heteroatoms. The van der Waals surface area contributed by atoms with Crippen LogP contribution in [0.25, 0.3) is 0 Å². The topological polar surface area (TPSA) is 34.2 Å². The second kappa shape index (κ2) is 5.70. The van der Waals surface area contributed by atoms with Crippen LogP contribution in [0.5, 0.6) is 5.75 Å². The summed E-state index contributed by atoms with van der Waals surface area (Å²) >= 11 is 1.46. The summed E-state index contributed by atoms with van der Waals surface area (Å²) in [6.07, 6.45) is -4.71. The maximum Gasteiger partial charge on any atom is 0.573 e. The van der Waals surface area contributed by atoms with Crippen LogP contribution < -0.4 is 10.1 Å². The van der Waals surface area contributed by atoms with Crippen molar-refractivity contribution >= 4 is 17.0 Å². The molecule has 0 amide bonds. The lowest BCUT2D eigenvalue weighted by molar-refractivity contribution is -0.274. The Kier molecular flexibility index (Phi) is 4.17. The fourth-order valence-corrected chi connectivity index (χ4v) is 2.64. The molecule has 0 aliphatic rings. The molecular weight excluding hydrogens is 289 g/mol. The number of nitrogens with one attached hydrogen (secondary N) is 1. The Balaban J connectivity index is 2.19. The third kappa shape index (κ3) is 3.63. The summed E-state index contributed by atoms with van der Waals surface area (Å²) < 4.78 is 41.0. The number of halogens is 3. The van der Waals surface area contributed by atoms with E-state index < -0.39 is 6.36 Å². The number of anilines is 1. The van der Waals surface area contributed by atoms with E-state index in [-0.39, 0.29) is 11.8 Å². The van der Waals surface area contributed by atoms with E-state index in [9.17, 15) is 13.2 Å². The summed E-state index contributed by atoms with van der Waals surface area (Å²) in [5.74, 6) is -0.242. The number of hydrogen-bond acceptors (Lipinski definition) is 4. The molecule has 108 valence electrons. The smallest absolute Gasteiger partial charge is 0.404 e. The normalized spacial score (nSPS) is 13.1. The van der Waals surface area contributed by atoms with Crippen LogP contribution in [0, 0.1) is 6.92 Å². The number of para-hydroxylation sites is 2. The number of alkyl halides is 3. The monoisotopic (exact) mass is 302 g/mol. The van der Waals surface area contributed by atoms with Crippen molar-refractivity contribution in [3.8, 4) is 5.75 Å². The first-order valence-corrected chi connectivity index (χ1v) is 6.76. The minimum Gasteiger partial charge on any atom is -0.404 e. The van der Waals surface area contributed by atoms with Gasteiger partial charge in [0.05, 0.1) is 22.9 Å². The van der Waals surface area contributed by atoms with Crippen LogP contribution in [0.3, 0.4) is 0 Å². The fraction of sp³-hybridized carbons (Fsp3) is 0.308. The van der Waals surface area contributed by atoms with Gasteiger partial charge in [0.2, 0.25) is 0 Å². The molecule has 0 fully saturated rings. The first-order chi connectivity index (χ1) is 9.37. The highest BCUT2D eigenvalue weighted by Gasteiger charge is 2.32. The molecule has 0 saturated carbocycles. The van der Waals surface area contributed by atoms with Gasteiger partial charge in [0, 0.05) is 4.88 Å². The number of hydrogen-bond donors (Lipinski definition) is 1. The maximum absolute atomic E-state index is 12.3.